The van der Waals surface area contributed by atoms with E-state index in [0.29, 0.717) is 12.3 Å². The van der Waals surface area contributed by atoms with E-state index >= 15 is 0 Å². The fourth-order valence-corrected chi connectivity index (χ4v) is 3.71. The van der Waals surface area contributed by atoms with E-state index in [4.69, 9.17) is 0 Å². The highest BCUT2D eigenvalue weighted by Crippen LogP contribution is 2.30. The average Bonchev–Trinajstić information content (AvgIpc) is 2.88. The van der Waals surface area contributed by atoms with Gasteiger partial charge < -0.3 is 4.90 Å². The highest BCUT2D eigenvalue weighted by Gasteiger charge is 2.31. The van der Waals surface area contributed by atoms with Crippen LogP contribution in [0.1, 0.15) is 17.5 Å². The molecule has 1 unspecified atom stereocenters. The van der Waals surface area contributed by atoms with Crippen molar-refractivity contribution < 1.29 is 4.79 Å². The molecule has 2 heterocycles. The first kappa shape index (κ1) is 14.1. The summed E-state index contributed by atoms with van der Waals surface area (Å²) < 4.78 is 0. The Hall–Kier alpha value is -1.81. The summed E-state index contributed by atoms with van der Waals surface area (Å²) in [5.41, 5.74) is 2.48. The zero-order valence-corrected chi connectivity index (χ0v) is 12.6. The lowest BCUT2D eigenvalue weighted by Crippen LogP contribution is -2.32. The van der Waals surface area contributed by atoms with E-state index in [-0.39, 0.29) is 11.3 Å². The zero-order chi connectivity index (χ0) is 14.5. The molecular formula is C17H18N2OS. The van der Waals surface area contributed by atoms with Gasteiger partial charge in [-0.1, -0.05) is 30.3 Å². The van der Waals surface area contributed by atoms with Crippen LogP contribution in [0.25, 0.3) is 0 Å². The molecule has 1 amide bonds. The summed E-state index contributed by atoms with van der Waals surface area (Å²) >= 11 is 1.76. The van der Waals surface area contributed by atoms with Crippen molar-refractivity contribution in [2.45, 2.75) is 24.8 Å². The maximum Gasteiger partial charge on any atom is 0.233 e. The van der Waals surface area contributed by atoms with Gasteiger partial charge in [-0.3, -0.25) is 9.78 Å². The molecule has 1 atom stereocenters. The van der Waals surface area contributed by atoms with Crippen molar-refractivity contribution in [2.75, 3.05) is 5.75 Å². The number of benzene rings is 1. The predicted molar refractivity (Wildman–Crippen MR) is 85.8 cm³/mol. The SMILES string of the molecule is O=C1CSC(CCc2ccccc2)N1Cc1ccncc1. The van der Waals surface area contributed by atoms with Crippen LogP contribution in [-0.4, -0.2) is 26.9 Å². The van der Waals surface area contributed by atoms with Crippen LogP contribution in [0.4, 0.5) is 0 Å². The first-order valence-electron chi connectivity index (χ1n) is 7.17. The Morgan fingerprint density at radius 1 is 1.10 bits per heavy atom. The van der Waals surface area contributed by atoms with Crippen molar-refractivity contribution in [2.24, 2.45) is 0 Å². The maximum absolute atomic E-state index is 12.1. The van der Waals surface area contributed by atoms with Crippen molar-refractivity contribution in [1.82, 2.24) is 9.88 Å². The molecule has 0 spiro atoms. The number of nitrogens with zero attached hydrogens (tertiary/aromatic N) is 2. The molecule has 1 aromatic heterocycles. The minimum atomic E-state index is 0.245. The van der Waals surface area contributed by atoms with E-state index in [9.17, 15) is 4.79 Å². The van der Waals surface area contributed by atoms with Crippen molar-refractivity contribution in [3.8, 4) is 0 Å². The fourth-order valence-electron chi connectivity index (χ4n) is 2.55. The predicted octanol–water partition coefficient (Wildman–Crippen LogP) is 3.12. The van der Waals surface area contributed by atoms with Crippen LogP contribution in [0.5, 0.6) is 0 Å². The molecule has 0 bridgehead atoms. The van der Waals surface area contributed by atoms with Gasteiger partial charge >= 0.3 is 0 Å². The summed E-state index contributed by atoms with van der Waals surface area (Å²) in [5.74, 6) is 0.847. The molecule has 3 nitrogen and oxygen atoms in total. The molecule has 3 rings (SSSR count). The summed E-state index contributed by atoms with van der Waals surface area (Å²) in [4.78, 5) is 18.1. The van der Waals surface area contributed by atoms with E-state index in [1.54, 1.807) is 24.2 Å². The maximum atomic E-state index is 12.1. The van der Waals surface area contributed by atoms with Gasteiger partial charge in [0.15, 0.2) is 0 Å². The number of amides is 1. The molecule has 0 aliphatic carbocycles. The summed E-state index contributed by atoms with van der Waals surface area (Å²) in [7, 11) is 0. The van der Waals surface area contributed by atoms with Gasteiger partial charge in [0.2, 0.25) is 5.91 Å². The number of aromatic nitrogens is 1. The Morgan fingerprint density at radius 3 is 2.62 bits per heavy atom. The summed E-state index contributed by atoms with van der Waals surface area (Å²) in [6.45, 7) is 0.688. The van der Waals surface area contributed by atoms with E-state index in [1.807, 2.05) is 23.1 Å². The van der Waals surface area contributed by atoms with Crippen LogP contribution in [0.2, 0.25) is 0 Å². The first-order chi connectivity index (χ1) is 10.3. The van der Waals surface area contributed by atoms with Crippen molar-refractivity contribution in [3.63, 3.8) is 0 Å². The summed E-state index contributed by atoms with van der Waals surface area (Å²) in [6.07, 6.45) is 5.58. The molecule has 0 N–H and O–H groups in total. The van der Waals surface area contributed by atoms with Crippen LogP contribution in [0.15, 0.2) is 54.9 Å². The first-order valence-corrected chi connectivity index (χ1v) is 8.22. The molecule has 0 radical (unpaired) electrons. The van der Waals surface area contributed by atoms with Crippen LogP contribution in [0.3, 0.4) is 0 Å². The third-order valence-corrected chi connectivity index (χ3v) is 4.98. The number of hydrogen-bond donors (Lipinski definition) is 0. The van der Waals surface area contributed by atoms with E-state index < -0.39 is 0 Å². The monoisotopic (exact) mass is 298 g/mol. The molecule has 0 saturated carbocycles. The summed E-state index contributed by atoms with van der Waals surface area (Å²) in [6, 6.07) is 14.4. The minimum Gasteiger partial charge on any atom is -0.326 e. The Bertz CT molecular complexity index is 588. The number of hydrogen-bond acceptors (Lipinski definition) is 3. The number of aryl methyl sites for hydroxylation is 1. The van der Waals surface area contributed by atoms with Gasteiger partial charge in [0, 0.05) is 18.9 Å². The average molecular weight is 298 g/mol. The Labute approximate surface area is 129 Å². The molecule has 21 heavy (non-hydrogen) atoms. The third kappa shape index (κ3) is 3.64. The lowest BCUT2D eigenvalue weighted by molar-refractivity contribution is -0.128. The minimum absolute atomic E-state index is 0.245. The van der Waals surface area contributed by atoms with Crippen molar-refractivity contribution >= 4 is 17.7 Å². The Balaban J connectivity index is 1.62. The molecule has 1 aromatic carbocycles. The largest absolute Gasteiger partial charge is 0.326 e. The summed E-state index contributed by atoms with van der Waals surface area (Å²) in [5, 5.41) is 0.283. The molecule has 2 aromatic rings. The molecule has 1 aliphatic heterocycles. The highest BCUT2D eigenvalue weighted by atomic mass is 32.2. The van der Waals surface area contributed by atoms with Crippen LogP contribution in [-0.2, 0) is 17.8 Å². The normalized spacial score (nSPS) is 18.2. The molecule has 1 fully saturated rings. The molecule has 108 valence electrons. The van der Waals surface area contributed by atoms with Gasteiger partial charge in [-0.25, -0.2) is 0 Å². The van der Waals surface area contributed by atoms with E-state index in [1.165, 1.54) is 5.56 Å². The van der Waals surface area contributed by atoms with Crippen molar-refractivity contribution in [3.05, 3.63) is 66.0 Å². The van der Waals surface area contributed by atoms with Gasteiger partial charge in [-0.15, -0.1) is 11.8 Å². The number of pyridine rings is 1. The highest BCUT2D eigenvalue weighted by molar-refractivity contribution is 8.00. The van der Waals surface area contributed by atoms with Gasteiger partial charge in [0.25, 0.3) is 0 Å². The molecule has 1 saturated heterocycles. The smallest absolute Gasteiger partial charge is 0.233 e. The number of thioether (sulfide) groups is 1. The lowest BCUT2D eigenvalue weighted by Gasteiger charge is -2.24. The van der Waals surface area contributed by atoms with Gasteiger partial charge in [0.1, 0.15) is 0 Å². The lowest BCUT2D eigenvalue weighted by atomic mass is 10.1. The van der Waals surface area contributed by atoms with Gasteiger partial charge in [-0.05, 0) is 36.1 Å². The topological polar surface area (TPSA) is 33.2 Å². The molecular weight excluding hydrogens is 280 g/mol. The number of rotatable bonds is 5. The second kappa shape index (κ2) is 6.76. The van der Waals surface area contributed by atoms with E-state index in [0.717, 1.165) is 18.4 Å². The van der Waals surface area contributed by atoms with Crippen LogP contribution >= 0.6 is 11.8 Å². The number of carbonyl (C=O) groups is 1. The third-order valence-electron chi connectivity index (χ3n) is 3.69. The number of carbonyl (C=O) groups excluding carboxylic acids is 1. The Morgan fingerprint density at radius 2 is 1.86 bits per heavy atom. The van der Waals surface area contributed by atoms with Gasteiger partial charge in [0.05, 0.1) is 11.1 Å². The zero-order valence-electron chi connectivity index (χ0n) is 11.8. The molecule has 4 heteroatoms. The Kier molecular flexibility index (Phi) is 4.55. The fraction of sp³-hybridized carbons (Fsp3) is 0.294. The van der Waals surface area contributed by atoms with Crippen molar-refractivity contribution in [1.29, 1.82) is 0 Å². The second-order valence-corrected chi connectivity index (χ2v) is 6.33. The van der Waals surface area contributed by atoms with Crippen LogP contribution in [0, 0.1) is 0 Å². The second-order valence-electron chi connectivity index (χ2n) is 5.17. The van der Waals surface area contributed by atoms with Crippen LogP contribution < -0.4 is 0 Å². The van der Waals surface area contributed by atoms with Gasteiger partial charge in [-0.2, -0.15) is 0 Å². The van der Waals surface area contributed by atoms with E-state index in [2.05, 4.69) is 29.2 Å². The molecule has 1 aliphatic rings. The quantitative estimate of drug-likeness (QED) is 0.850. The standard InChI is InChI=1S/C17H18N2OS/c20-16-13-21-17(7-6-14-4-2-1-3-5-14)19(16)12-15-8-10-18-11-9-15/h1-5,8-11,17H,6-7,12-13H2.